The summed E-state index contributed by atoms with van der Waals surface area (Å²) in [5, 5.41) is 1.24. The van der Waals surface area contributed by atoms with Crippen molar-refractivity contribution in [3.63, 3.8) is 0 Å². The third-order valence-electron chi connectivity index (χ3n) is 7.34. The van der Waals surface area contributed by atoms with Gasteiger partial charge in [0.05, 0.1) is 11.7 Å². The summed E-state index contributed by atoms with van der Waals surface area (Å²) in [6.45, 7) is 2.17. The van der Waals surface area contributed by atoms with Crippen molar-refractivity contribution in [1.82, 2.24) is 19.9 Å². The van der Waals surface area contributed by atoms with Crippen LogP contribution in [0, 0.1) is 5.92 Å². The SMILES string of the molecule is c1cc(-c2nc(N3CCCCC3)c3c(C4CC4)cncc3n2)cc(CC2CCCC2)n1. The first kappa shape index (κ1) is 19.1. The van der Waals surface area contributed by atoms with Crippen molar-refractivity contribution in [2.75, 3.05) is 18.0 Å². The first-order valence-electron chi connectivity index (χ1n) is 12.2. The summed E-state index contributed by atoms with van der Waals surface area (Å²) in [5.74, 6) is 3.36. The minimum Gasteiger partial charge on any atom is -0.356 e. The Kier molecular flexibility index (Phi) is 5.05. The average Bonchev–Trinajstić information content (AvgIpc) is 3.55. The smallest absolute Gasteiger partial charge is 0.162 e. The third-order valence-corrected chi connectivity index (χ3v) is 7.34. The van der Waals surface area contributed by atoms with Gasteiger partial charge in [-0.25, -0.2) is 9.97 Å². The van der Waals surface area contributed by atoms with Gasteiger partial charge in [-0.2, -0.15) is 0 Å². The van der Waals surface area contributed by atoms with Crippen LogP contribution in [0.3, 0.4) is 0 Å². The molecule has 0 N–H and O–H groups in total. The number of piperidine rings is 1. The van der Waals surface area contributed by atoms with Gasteiger partial charge >= 0.3 is 0 Å². The van der Waals surface area contributed by atoms with E-state index in [1.54, 1.807) is 0 Å². The number of aromatic nitrogens is 4. The van der Waals surface area contributed by atoms with Gasteiger partial charge in [-0.15, -0.1) is 0 Å². The first-order chi connectivity index (χ1) is 15.3. The molecule has 1 aliphatic heterocycles. The predicted molar refractivity (Wildman–Crippen MR) is 124 cm³/mol. The number of nitrogens with zero attached hydrogens (tertiary/aromatic N) is 5. The highest BCUT2D eigenvalue weighted by molar-refractivity contribution is 5.94. The van der Waals surface area contributed by atoms with Gasteiger partial charge < -0.3 is 4.90 Å². The zero-order chi connectivity index (χ0) is 20.6. The molecule has 3 fully saturated rings. The summed E-state index contributed by atoms with van der Waals surface area (Å²) in [4.78, 5) is 21.9. The Bertz CT molecular complexity index is 1080. The Morgan fingerprint density at radius 2 is 1.74 bits per heavy atom. The summed E-state index contributed by atoms with van der Waals surface area (Å²) >= 11 is 0. The van der Waals surface area contributed by atoms with E-state index in [4.69, 9.17) is 9.97 Å². The topological polar surface area (TPSA) is 54.8 Å². The Morgan fingerprint density at radius 3 is 2.55 bits per heavy atom. The molecule has 0 bridgehead atoms. The lowest BCUT2D eigenvalue weighted by Crippen LogP contribution is -2.30. The van der Waals surface area contributed by atoms with Crippen molar-refractivity contribution in [2.45, 2.75) is 70.1 Å². The lowest BCUT2D eigenvalue weighted by atomic mass is 10.0. The summed E-state index contributed by atoms with van der Waals surface area (Å²) < 4.78 is 0. The van der Waals surface area contributed by atoms with Crippen molar-refractivity contribution < 1.29 is 0 Å². The standard InChI is InChI=1S/C26H31N5/c1-4-12-31(13-5-1)26-24-22(19-8-9-19)16-27-17-23(24)29-25(30-26)20-10-11-28-21(15-20)14-18-6-2-3-7-18/h10-11,15-19H,1-9,12-14H2. The maximum atomic E-state index is 5.20. The van der Waals surface area contributed by atoms with E-state index >= 15 is 0 Å². The van der Waals surface area contributed by atoms with Crippen LogP contribution in [0.2, 0.25) is 0 Å². The second kappa shape index (κ2) is 8.18. The molecule has 2 aliphatic carbocycles. The molecular formula is C26H31N5. The molecule has 0 amide bonds. The number of hydrogen-bond donors (Lipinski definition) is 0. The molecular weight excluding hydrogens is 382 g/mol. The van der Waals surface area contributed by atoms with Crippen LogP contribution in [0.15, 0.2) is 30.7 Å². The minimum absolute atomic E-state index is 0.633. The Hall–Kier alpha value is -2.56. The molecule has 0 spiro atoms. The lowest BCUT2D eigenvalue weighted by Gasteiger charge is -2.29. The van der Waals surface area contributed by atoms with Gasteiger partial charge in [0, 0.05) is 42.1 Å². The fourth-order valence-corrected chi connectivity index (χ4v) is 5.50. The van der Waals surface area contributed by atoms with Crippen LogP contribution in [-0.2, 0) is 6.42 Å². The molecule has 4 heterocycles. The molecule has 0 unspecified atom stereocenters. The van der Waals surface area contributed by atoms with Crippen LogP contribution >= 0.6 is 0 Å². The second-order valence-corrected chi connectivity index (χ2v) is 9.71. The Balaban J connectivity index is 1.43. The summed E-state index contributed by atoms with van der Waals surface area (Å²) in [5.41, 5.74) is 4.60. The molecule has 6 rings (SSSR count). The van der Waals surface area contributed by atoms with E-state index in [1.165, 1.54) is 74.4 Å². The molecule has 3 aromatic rings. The van der Waals surface area contributed by atoms with Gasteiger partial charge in [0.25, 0.3) is 0 Å². The van der Waals surface area contributed by atoms with Crippen molar-refractivity contribution in [3.05, 3.63) is 42.0 Å². The zero-order valence-electron chi connectivity index (χ0n) is 18.3. The first-order valence-corrected chi connectivity index (χ1v) is 12.2. The van der Waals surface area contributed by atoms with Crippen LogP contribution < -0.4 is 4.90 Å². The lowest BCUT2D eigenvalue weighted by molar-refractivity contribution is 0.539. The maximum absolute atomic E-state index is 5.20. The molecule has 5 nitrogen and oxygen atoms in total. The quantitative estimate of drug-likeness (QED) is 0.538. The minimum atomic E-state index is 0.633. The number of pyridine rings is 2. The molecule has 1 saturated heterocycles. The summed E-state index contributed by atoms with van der Waals surface area (Å²) in [7, 11) is 0. The van der Waals surface area contributed by atoms with Crippen LogP contribution in [0.5, 0.6) is 0 Å². The van der Waals surface area contributed by atoms with Gasteiger partial charge in [0.1, 0.15) is 5.82 Å². The van der Waals surface area contributed by atoms with Gasteiger partial charge in [-0.1, -0.05) is 25.7 Å². The molecule has 160 valence electrons. The van der Waals surface area contributed by atoms with Crippen LogP contribution in [-0.4, -0.2) is 33.0 Å². The second-order valence-electron chi connectivity index (χ2n) is 9.71. The Labute approximate surface area is 184 Å². The normalized spacial score (nSPS) is 19.9. The van der Waals surface area contributed by atoms with Crippen LogP contribution in [0.1, 0.15) is 75.0 Å². The predicted octanol–water partition coefficient (Wildman–Crippen LogP) is 5.69. The van der Waals surface area contributed by atoms with Crippen LogP contribution in [0.25, 0.3) is 22.3 Å². The Morgan fingerprint density at radius 1 is 0.903 bits per heavy atom. The van der Waals surface area contributed by atoms with Crippen molar-refractivity contribution in [2.24, 2.45) is 5.92 Å². The van der Waals surface area contributed by atoms with E-state index in [0.717, 1.165) is 48.2 Å². The highest BCUT2D eigenvalue weighted by Crippen LogP contribution is 2.45. The van der Waals surface area contributed by atoms with E-state index in [0.29, 0.717) is 5.92 Å². The monoisotopic (exact) mass is 413 g/mol. The van der Waals surface area contributed by atoms with E-state index < -0.39 is 0 Å². The van der Waals surface area contributed by atoms with Gasteiger partial charge in [-0.3, -0.25) is 9.97 Å². The molecule has 3 aliphatic rings. The van der Waals surface area contributed by atoms with Gasteiger partial charge in [0.2, 0.25) is 0 Å². The zero-order valence-corrected chi connectivity index (χ0v) is 18.3. The average molecular weight is 414 g/mol. The van der Waals surface area contributed by atoms with E-state index in [9.17, 15) is 0 Å². The molecule has 3 aromatic heterocycles. The highest BCUT2D eigenvalue weighted by atomic mass is 15.2. The molecule has 0 radical (unpaired) electrons. The summed E-state index contributed by atoms with van der Waals surface area (Å²) in [6, 6.07) is 4.29. The van der Waals surface area contributed by atoms with Crippen molar-refractivity contribution in [1.29, 1.82) is 0 Å². The number of hydrogen-bond acceptors (Lipinski definition) is 5. The number of anilines is 1. The van der Waals surface area contributed by atoms with Gasteiger partial charge in [0.15, 0.2) is 5.82 Å². The third kappa shape index (κ3) is 3.90. The molecule has 31 heavy (non-hydrogen) atoms. The van der Waals surface area contributed by atoms with E-state index in [-0.39, 0.29) is 0 Å². The van der Waals surface area contributed by atoms with Crippen molar-refractivity contribution in [3.8, 4) is 11.4 Å². The van der Waals surface area contributed by atoms with Gasteiger partial charge in [-0.05, 0) is 68.1 Å². The van der Waals surface area contributed by atoms with Crippen LogP contribution in [0.4, 0.5) is 5.82 Å². The molecule has 2 saturated carbocycles. The van der Waals surface area contributed by atoms with E-state index in [1.807, 2.05) is 12.4 Å². The summed E-state index contributed by atoms with van der Waals surface area (Å²) in [6.07, 6.45) is 18.7. The number of rotatable bonds is 5. The fourth-order valence-electron chi connectivity index (χ4n) is 5.50. The van der Waals surface area contributed by atoms with Crippen molar-refractivity contribution >= 4 is 16.7 Å². The molecule has 5 heteroatoms. The highest BCUT2D eigenvalue weighted by Gasteiger charge is 2.29. The maximum Gasteiger partial charge on any atom is 0.162 e. The van der Waals surface area contributed by atoms with E-state index in [2.05, 4.69) is 33.2 Å². The largest absolute Gasteiger partial charge is 0.356 e. The molecule has 0 aromatic carbocycles. The number of fused-ring (bicyclic) bond motifs is 1. The molecule has 0 atom stereocenters. The fraction of sp³-hybridized carbons (Fsp3) is 0.538.